The lowest BCUT2D eigenvalue weighted by Crippen LogP contribution is -2.34. The minimum atomic E-state index is -1.06. The molecule has 4 atom stereocenters. The normalized spacial score (nSPS) is 24.4. The third-order valence-electron chi connectivity index (χ3n) is 9.51. The lowest BCUT2D eigenvalue weighted by Gasteiger charge is -2.34. The Morgan fingerprint density at radius 2 is 1.91 bits per heavy atom. The number of fused-ring (bicyclic) bond motifs is 2. The van der Waals surface area contributed by atoms with Gasteiger partial charge in [-0.2, -0.15) is 5.26 Å². The van der Waals surface area contributed by atoms with Crippen LogP contribution in [-0.2, 0) is 11.3 Å². The highest BCUT2D eigenvalue weighted by Crippen LogP contribution is 2.49. The second-order valence-electron chi connectivity index (χ2n) is 12.3. The smallest absolute Gasteiger partial charge is 0.354 e. The predicted molar refractivity (Wildman–Crippen MR) is 165 cm³/mol. The second kappa shape index (κ2) is 11.4. The number of imidazole rings is 1. The van der Waals surface area contributed by atoms with E-state index in [0.717, 1.165) is 56.4 Å². The first-order valence-corrected chi connectivity index (χ1v) is 16.6. The number of likely N-dealkylation sites (tertiary alicyclic amines) is 1. The molecular weight excluding hydrogens is 608 g/mol. The summed E-state index contributed by atoms with van der Waals surface area (Å²) >= 11 is 0. The molecule has 3 saturated heterocycles. The molecule has 6 heterocycles. The number of nitriles is 1. The molecule has 46 heavy (non-hydrogen) atoms. The Hall–Kier alpha value is -4.44. The van der Waals surface area contributed by atoms with Gasteiger partial charge in [-0.1, -0.05) is 18.2 Å². The molecule has 8 rings (SSSR count). The summed E-state index contributed by atoms with van der Waals surface area (Å²) in [6.07, 6.45) is 3.26. The minimum absolute atomic E-state index is 0.00490. The van der Waals surface area contributed by atoms with E-state index >= 15 is 4.39 Å². The molecule has 0 spiro atoms. The summed E-state index contributed by atoms with van der Waals surface area (Å²) < 4.78 is 44.4. The number of carboxylic acids is 1. The molecule has 1 N–H and O–H groups in total. The van der Waals surface area contributed by atoms with Crippen LogP contribution in [0, 0.1) is 17.1 Å². The standard InChI is InChI=1S/C34H29F2N5O4Si/c35-23-14-18(16-37)4-5-21(23)28-15-24(36)22-3-1-2-20(30(22)45-28)19-8-11-40(12-9-19)17-29-38-25-6-7-26(34(42)43)39-32(25)41(29)33-31(46-33)27-10-13-44-27/h1-7,14-15,19,27-28,31,33H,8-13,17H2,(H,42,43)/t27?,28-,31+,33?/m0/s1. The predicted octanol–water partition coefficient (Wildman–Crippen LogP) is 5.76. The number of aromatic nitrogens is 3. The molecule has 0 aliphatic carbocycles. The molecule has 9 nitrogen and oxygen atoms in total. The number of carbonyl (C=O) groups is 1. The average Bonchev–Trinajstić information content (AvgIpc) is 3.70. The van der Waals surface area contributed by atoms with Gasteiger partial charge in [-0.25, -0.2) is 23.5 Å². The van der Waals surface area contributed by atoms with Crippen LogP contribution in [0.4, 0.5) is 8.78 Å². The largest absolute Gasteiger partial charge is 0.480 e. The lowest BCUT2D eigenvalue weighted by molar-refractivity contribution is -0.0494. The van der Waals surface area contributed by atoms with E-state index in [-0.39, 0.29) is 34.5 Å². The number of carboxylic acid groups (broad SMARTS) is 1. The molecule has 3 fully saturated rings. The first-order chi connectivity index (χ1) is 22.4. The first kappa shape index (κ1) is 29.0. The third-order valence-corrected chi connectivity index (χ3v) is 11.2. The Morgan fingerprint density at radius 3 is 2.63 bits per heavy atom. The van der Waals surface area contributed by atoms with Gasteiger partial charge in [-0.05, 0) is 85.8 Å². The van der Waals surface area contributed by atoms with Gasteiger partial charge in [0.25, 0.3) is 0 Å². The number of aromatic carboxylic acids is 1. The van der Waals surface area contributed by atoms with Gasteiger partial charge >= 0.3 is 5.97 Å². The molecule has 0 amide bonds. The molecule has 2 unspecified atom stereocenters. The first-order valence-electron chi connectivity index (χ1n) is 15.5. The Morgan fingerprint density at radius 1 is 1.09 bits per heavy atom. The summed E-state index contributed by atoms with van der Waals surface area (Å²) in [6.45, 7) is 2.95. The highest BCUT2D eigenvalue weighted by atomic mass is 28.2. The molecule has 0 saturated carbocycles. The van der Waals surface area contributed by atoms with E-state index in [2.05, 4.69) is 14.5 Å². The van der Waals surface area contributed by atoms with Crippen LogP contribution >= 0.6 is 0 Å². The van der Waals surface area contributed by atoms with Crippen molar-refractivity contribution in [3.63, 3.8) is 0 Å². The summed E-state index contributed by atoms with van der Waals surface area (Å²) in [5, 5.41) is 18.7. The van der Waals surface area contributed by atoms with Gasteiger partial charge in [-0.15, -0.1) is 0 Å². The van der Waals surface area contributed by atoms with Crippen LogP contribution in [0.15, 0.2) is 54.6 Å². The zero-order valence-electron chi connectivity index (χ0n) is 24.7. The fourth-order valence-electron chi connectivity index (χ4n) is 6.93. The monoisotopic (exact) mass is 637 g/mol. The number of ether oxygens (including phenoxy) is 2. The van der Waals surface area contributed by atoms with E-state index in [9.17, 15) is 14.3 Å². The highest BCUT2D eigenvalue weighted by molar-refractivity contribution is 6.53. The van der Waals surface area contributed by atoms with Crippen LogP contribution in [0.25, 0.3) is 17.0 Å². The van der Waals surface area contributed by atoms with E-state index < -0.39 is 23.7 Å². The van der Waals surface area contributed by atoms with Crippen molar-refractivity contribution in [2.45, 2.75) is 55.1 Å². The fourth-order valence-corrected chi connectivity index (χ4v) is 8.48. The topological polar surface area (TPSA) is 114 Å². The molecule has 232 valence electrons. The van der Waals surface area contributed by atoms with E-state index in [1.807, 2.05) is 18.2 Å². The van der Waals surface area contributed by atoms with Crippen molar-refractivity contribution >= 4 is 32.5 Å². The molecule has 4 aliphatic rings. The van der Waals surface area contributed by atoms with Gasteiger partial charge in [0.05, 0.1) is 39.4 Å². The van der Waals surface area contributed by atoms with Crippen LogP contribution < -0.4 is 4.74 Å². The van der Waals surface area contributed by atoms with Crippen LogP contribution in [0.1, 0.15) is 75.5 Å². The Kier molecular flexibility index (Phi) is 7.20. The molecule has 2 aromatic heterocycles. The second-order valence-corrected chi connectivity index (χ2v) is 13.8. The number of halogens is 2. The number of piperidine rings is 1. The van der Waals surface area contributed by atoms with Crippen molar-refractivity contribution in [2.24, 2.45) is 0 Å². The van der Waals surface area contributed by atoms with Crippen molar-refractivity contribution in [3.05, 3.63) is 94.2 Å². The quantitative estimate of drug-likeness (QED) is 0.255. The number of para-hydroxylation sites is 1. The number of hydrogen-bond acceptors (Lipinski definition) is 7. The Balaban J connectivity index is 1.01. The van der Waals surface area contributed by atoms with Crippen LogP contribution in [0.2, 0.25) is 5.54 Å². The van der Waals surface area contributed by atoms with E-state index in [1.54, 1.807) is 12.1 Å². The van der Waals surface area contributed by atoms with Gasteiger partial charge < -0.3 is 19.1 Å². The average molecular weight is 638 g/mol. The maximum atomic E-state index is 15.4. The highest BCUT2D eigenvalue weighted by Gasteiger charge is 2.49. The summed E-state index contributed by atoms with van der Waals surface area (Å²) in [5.74, 6) is -0.697. The van der Waals surface area contributed by atoms with Crippen molar-refractivity contribution < 1.29 is 28.2 Å². The van der Waals surface area contributed by atoms with Crippen molar-refractivity contribution in [1.82, 2.24) is 19.4 Å². The van der Waals surface area contributed by atoms with Gasteiger partial charge in [0.1, 0.15) is 34.8 Å². The van der Waals surface area contributed by atoms with Gasteiger partial charge in [-0.3, -0.25) is 4.90 Å². The molecule has 4 aromatic rings. The van der Waals surface area contributed by atoms with Crippen molar-refractivity contribution in [1.29, 1.82) is 5.26 Å². The Labute approximate surface area is 265 Å². The number of pyridine rings is 1. The maximum Gasteiger partial charge on any atom is 0.354 e. The Bertz CT molecular complexity index is 1950. The van der Waals surface area contributed by atoms with E-state index in [1.165, 1.54) is 24.3 Å². The lowest BCUT2D eigenvalue weighted by atomic mass is 9.86. The summed E-state index contributed by atoms with van der Waals surface area (Å²) in [5.41, 5.74) is 3.56. The number of hydrogen-bond donors (Lipinski definition) is 1. The molecule has 12 heteroatoms. The SMILES string of the molecule is N#Cc1ccc([C@@H]2C=C(F)c3cccc(C4CCN(Cc5nc6ccc(C(=O)O)nc6n5C5[Si][C@@H]5C5CCO5)CC4)c3O2)c(F)c1. The van der Waals surface area contributed by atoms with Gasteiger partial charge in [0.15, 0.2) is 11.3 Å². The van der Waals surface area contributed by atoms with Crippen molar-refractivity contribution in [3.8, 4) is 11.8 Å². The molecule has 0 bridgehead atoms. The van der Waals surface area contributed by atoms with E-state index in [4.69, 9.17) is 19.7 Å². The third kappa shape index (κ3) is 5.08. The number of benzene rings is 2. The zero-order valence-corrected chi connectivity index (χ0v) is 25.7. The van der Waals surface area contributed by atoms with E-state index in [0.29, 0.717) is 44.1 Å². The van der Waals surface area contributed by atoms with Crippen LogP contribution in [0.3, 0.4) is 0 Å². The molecule has 2 radical (unpaired) electrons. The van der Waals surface area contributed by atoms with Crippen LogP contribution in [0.5, 0.6) is 5.75 Å². The minimum Gasteiger partial charge on any atom is -0.480 e. The molecule has 4 aliphatic heterocycles. The number of nitrogens with zero attached hydrogens (tertiary/aromatic N) is 5. The summed E-state index contributed by atoms with van der Waals surface area (Å²) in [7, 11) is 0.680. The zero-order chi connectivity index (χ0) is 31.5. The molecular formula is C34H29F2N5O4Si. The van der Waals surface area contributed by atoms with Crippen LogP contribution in [-0.4, -0.2) is 65.8 Å². The van der Waals surface area contributed by atoms with Crippen molar-refractivity contribution in [2.75, 3.05) is 19.7 Å². The summed E-state index contributed by atoms with van der Waals surface area (Å²) in [4.78, 5) is 23.4. The summed E-state index contributed by atoms with van der Waals surface area (Å²) in [6, 6.07) is 14.8. The fraction of sp³-hybridized carbons (Fsp3) is 0.353. The number of rotatable bonds is 7. The van der Waals surface area contributed by atoms with Gasteiger partial charge in [0, 0.05) is 17.8 Å². The molecule has 2 aromatic carbocycles. The maximum absolute atomic E-state index is 15.4. The van der Waals surface area contributed by atoms with Gasteiger partial charge in [0.2, 0.25) is 0 Å².